The molecule has 0 bridgehead atoms. The summed E-state index contributed by atoms with van der Waals surface area (Å²) in [5, 5.41) is 6.73. The van der Waals surface area contributed by atoms with Crippen molar-refractivity contribution in [2.45, 2.75) is 0 Å². The van der Waals surface area contributed by atoms with Crippen LogP contribution < -0.4 is 0 Å². The van der Waals surface area contributed by atoms with Gasteiger partial charge in [0.1, 0.15) is 0 Å². The Morgan fingerprint density at radius 2 is 1.04 bits per heavy atom. The molecule has 0 fully saturated rings. The van der Waals surface area contributed by atoms with Crippen molar-refractivity contribution in [2.24, 2.45) is 0 Å². The van der Waals surface area contributed by atoms with Crippen molar-refractivity contribution in [3.8, 4) is 0 Å². The van der Waals surface area contributed by atoms with Crippen LogP contribution in [0.4, 0.5) is 0 Å². The van der Waals surface area contributed by atoms with E-state index < -0.39 is 11.6 Å². The number of Topliss-reactive ketones (excluding diaryl/α,β-unsaturated/α-hetero) is 1. The lowest BCUT2D eigenvalue weighted by molar-refractivity contribution is -0.110. The largest absolute Gasteiger partial charge is 0.286 e. The maximum Gasteiger partial charge on any atom is 0.233 e. The average Bonchev–Trinajstić information content (AvgIpc) is 2.64. The van der Waals surface area contributed by atoms with Gasteiger partial charge in [0.2, 0.25) is 11.6 Å². The summed E-state index contributed by atoms with van der Waals surface area (Å²) in [7, 11) is 0. The van der Waals surface area contributed by atoms with E-state index in [0.29, 0.717) is 5.56 Å². The Hall–Kier alpha value is -3.26. The van der Waals surface area contributed by atoms with Gasteiger partial charge in [-0.15, -0.1) is 0 Å². The van der Waals surface area contributed by atoms with Crippen molar-refractivity contribution in [1.82, 2.24) is 0 Å². The molecule has 5 rings (SSSR count). The van der Waals surface area contributed by atoms with Gasteiger partial charge in [0.05, 0.1) is 0 Å². The van der Waals surface area contributed by atoms with Crippen molar-refractivity contribution in [3.63, 3.8) is 0 Å². The molecule has 0 atom stereocenters. The first-order valence-corrected chi connectivity index (χ1v) is 7.88. The van der Waals surface area contributed by atoms with Crippen molar-refractivity contribution in [2.75, 3.05) is 0 Å². The van der Waals surface area contributed by atoms with E-state index in [1.807, 2.05) is 36.4 Å². The predicted octanol–water partition coefficient (Wildman–Crippen LogP) is 4.92. The van der Waals surface area contributed by atoms with Crippen LogP contribution in [-0.4, -0.2) is 11.6 Å². The fraction of sp³-hybridized carbons (Fsp3) is 0. The molecule has 112 valence electrons. The molecule has 0 radical (unpaired) electrons. The monoisotopic (exact) mass is 308 g/mol. The van der Waals surface area contributed by atoms with Gasteiger partial charge in [0, 0.05) is 5.56 Å². The highest BCUT2D eigenvalue weighted by Gasteiger charge is 2.22. The third kappa shape index (κ3) is 1.65. The Balaban J connectivity index is 2.07. The molecule has 2 heteroatoms. The minimum atomic E-state index is -0.452. The molecule has 1 aliphatic rings. The maximum atomic E-state index is 12.3. The number of benzene rings is 4. The van der Waals surface area contributed by atoms with E-state index in [9.17, 15) is 9.59 Å². The first-order chi connectivity index (χ1) is 11.7. The molecule has 2 nitrogen and oxygen atoms in total. The Labute approximate surface area is 138 Å². The molecule has 0 amide bonds. The lowest BCUT2D eigenvalue weighted by Crippen LogP contribution is -2.16. The Morgan fingerprint density at radius 3 is 1.62 bits per heavy atom. The van der Waals surface area contributed by atoms with Crippen LogP contribution in [0.25, 0.3) is 38.4 Å². The van der Waals surface area contributed by atoms with Crippen LogP contribution in [0.2, 0.25) is 0 Å². The quantitative estimate of drug-likeness (QED) is 0.341. The van der Waals surface area contributed by atoms with Crippen LogP contribution >= 0.6 is 0 Å². The number of carbonyl (C=O) groups is 2. The van der Waals surface area contributed by atoms with Gasteiger partial charge >= 0.3 is 0 Å². The highest BCUT2D eigenvalue weighted by Crippen LogP contribution is 2.37. The molecule has 0 unspecified atom stereocenters. The number of hydrogen-bond acceptors (Lipinski definition) is 2. The normalized spacial score (nSPS) is 13.8. The Morgan fingerprint density at radius 1 is 0.542 bits per heavy atom. The number of allylic oxidation sites excluding steroid dienone is 1. The molecule has 0 saturated heterocycles. The first-order valence-electron chi connectivity index (χ1n) is 7.88. The van der Waals surface area contributed by atoms with Crippen LogP contribution in [-0.2, 0) is 4.79 Å². The summed E-state index contributed by atoms with van der Waals surface area (Å²) in [4.78, 5) is 24.0. The Kier molecular flexibility index (Phi) is 2.54. The summed E-state index contributed by atoms with van der Waals surface area (Å²) in [5.41, 5.74) is 1.31. The minimum Gasteiger partial charge on any atom is -0.286 e. The van der Waals surface area contributed by atoms with Gasteiger partial charge in [-0.1, -0.05) is 54.6 Å². The molecular formula is C22H12O2. The number of carbonyl (C=O) groups excluding carboxylic acids is 2. The summed E-state index contributed by atoms with van der Waals surface area (Å²) < 4.78 is 0. The molecule has 1 aliphatic carbocycles. The van der Waals surface area contributed by atoms with Gasteiger partial charge in [-0.3, -0.25) is 9.59 Å². The summed E-state index contributed by atoms with van der Waals surface area (Å²) >= 11 is 0. The molecule has 0 N–H and O–H groups in total. The van der Waals surface area contributed by atoms with Gasteiger partial charge in [0.25, 0.3) is 0 Å². The van der Waals surface area contributed by atoms with E-state index >= 15 is 0 Å². The topological polar surface area (TPSA) is 34.1 Å². The second kappa shape index (κ2) is 4.62. The lowest BCUT2D eigenvalue weighted by atomic mass is 9.88. The average molecular weight is 308 g/mol. The maximum absolute atomic E-state index is 12.3. The number of ketones is 2. The van der Waals surface area contributed by atoms with E-state index in [1.165, 1.54) is 11.5 Å². The second-order valence-corrected chi connectivity index (χ2v) is 6.10. The number of rotatable bonds is 0. The van der Waals surface area contributed by atoms with Crippen LogP contribution in [0.5, 0.6) is 0 Å². The molecule has 0 aromatic heterocycles. The zero-order valence-corrected chi connectivity index (χ0v) is 12.7. The summed E-state index contributed by atoms with van der Waals surface area (Å²) in [5.74, 6) is -0.876. The summed E-state index contributed by atoms with van der Waals surface area (Å²) in [6.45, 7) is 0. The van der Waals surface area contributed by atoms with Gasteiger partial charge < -0.3 is 0 Å². The fourth-order valence-electron chi connectivity index (χ4n) is 3.68. The Bertz CT molecular complexity index is 1230. The van der Waals surface area contributed by atoms with E-state index in [0.717, 1.165) is 32.5 Å². The van der Waals surface area contributed by atoms with Crippen molar-refractivity contribution >= 4 is 50.0 Å². The fourth-order valence-corrected chi connectivity index (χ4v) is 3.68. The van der Waals surface area contributed by atoms with Crippen LogP contribution in [0.3, 0.4) is 0 Å². The van der Waals surface area contributed by atoms with Crippen LogP contribution in [0, 0.1) is 0 Å². The minimum absolute atomic E-state index is 0.424. The zero-order valence-electron chi connectivity index (χ0n) is 12.7. The zero-order chi connectivity index (χ0) is 16.3. The summed E-state index contributed by atoms with van der Waals surface area (Å²) in [6, 6.07) is 20.4. The second-order valence-electron chi connectivity index (χ2n) is 6.10. The van der Waals surface area contributed by atoms with E-state index in [1.54, 1.807) is 6.08 Å². The standard InChI is InChI=1S/C22H12O2/c23-21-10-9-13-11-19-16-7-3-1-5-14(16)15-6-2-4-8-17(15)20(19)12-18(13)22(21)24/h1-12H. The van der Waals surface area contributed by atoms with Crippen LogP contribution in [0.1, 0.15) is 15.9 Å². The van der Waals surface area contributed by atoms with Gasteiger partial charge in [-0.2, -0.15) is 0 Å². The molecule has 0 heterocycles. The van der Waals surface area contributed by atoms with Gasteiger partial charge in [-0.05, 0) is 56.1 Å². The van der Waals surface area contributed by atoms with Crippen molar-refractivity contribution in [3.05, 3.63) is 77.9 Å². The first kappa shape index (κ1) is 13.2. The molecule has 4 aromatic rings. The lowest BCUT2D eigenvalue weighted by Gasteiger charge is -2.14. The highest BCUT2D eigenvalue weighted by molar-refractivity contribution is 6.50. The number of fused-ring (bicyclic) bond motifs is 7. The summed E-state index contributed by atoms with van der Waals surface area (Å²) in [6.07, 6.45) is 3.10. The predicted molar refractivity (Wildman–Crippen MR) is 97.3 cm³/mol. The molecule has 4 aromatic carbocycles. The molecule has 0 spiro atoms. The van der Waals surface area contributed by atoms with E-state index in [-0.39, 0.29) is 0 Å². The molecule has 0 aliphatic heterocycles. The SMILES string of the molecule is O=C1C=Cc2cc3c4ccccc4c4ccccc4c3cc2C1=O. The smallest absolute Gasteiger partial charge is 0.233 e. The molecular weight excluding hydrogens is 296 g/mol. The van der Waals surface area contributed by atoms with Crippen molar-refractivity contribution < 1.29 is 9.59 Å². The van der Waals surface area contributed by atoms with E-state index in [2.05, 4.69) is 24.3 Å². The molecule has 24 heavy (non-hydrogen) atoms. The van der Waals surface area contributed by atoms with E-state index in [4.69, 9.17) is 0 Å². The number of hydrogen-bond donors (Lipinski definition) is 0. The van der Waals surface area contributed by atoms with Gasteiger partial charge in [0.15, 0.2) is 0 Å². The highest BCUT2D eigenvalue weighted by atomic mass is 16.2. The third-order valence-electron chi connectivity index (χ3n) is 4.80. The van der Waals surface area contributed by atoms with Crippen molar-refractivity contribution in [1.29, 1.82) is 0 Å². The third-order valence-corrected chi connectivity index (χ3v) is 4.80. The van der Waals surface area contributed by atoms with Gasteiger partial charge in [-0.25, -0.2) is 0 Å². The molecule has 0 saturated carbocycles. The van der Waals surface area contributed by atoms with Crippen LogP contribution in [0.15, 0.2) is 66.7 Å².